The summed E-state index contributed by atoms with van der Waals surface area (Å²) in [5, 5.41) is 8.05. The Kier molecular flexibility index (Phi) is 6.55. The maximum absolute atomic E-state index is 12.6. The molecule has 1 heterocycles. The van der Waals surface area contributed by atoms with Crippen LogP contribution in [0.2, 0.25) is 0 Å². The molecule has 0 aliphatic heterocycles. The van der Waals surface area contributed by atoms with Crippen molar-refractivity contribution in [3.8, 4) is 11.3 Å². The second-order valence-corrected chi connectivity index (χ2v) is 10.3. The molecular formula is C22H20BrN3O2S2. The minimum Gasteiger partial charge on any atom is -0.326 e. The molecule has 0 saturated heterocycles. The summed E-state index contributed by atoms with van der Waals surface area (Å²) in [6, 6.07) is 15.5. The number of aromatic nitrogens is 1. The summed E-state index contributed by atoms with van der Waals surface area (Å²) in [7, 11) is 0. The van der Waals surface area contributed by atoms with Gasteiger partial charge in [-0.15, -0.1) is 23.1 Å². The molecule has 1 aliphatic carbocycles. The number of carbonyl (C=O) groups excluding carboxylic acids is 2. The Morgan fingerprint density at radius 3 is 2.67 bits per heavy atom. The van der Waals surface area contributed by atoms with E-state index in [1.54, 1.807) is 0 Å². The lowest BCUT2D eigenvalue weighted by molar-refractivity contribution is -0.117. The van der Waals surface area contributed by atoms with Gasteiger partial charge in [0.2, 0.25) is 11.8 Å². The minimum atomic E-state index is -0.306. The van der Waals surface area contributed by atoms with Crippen LogP contribution >= 0.6 is 39.0 Å². The van der Waals surface area contributed by atoms with Gasteiger partial charge < -0.3 is 10.6 Å². The molecule has 1 atom stereocenters. The van der Waals surface area contributed by atoms with Crippen molar-refractivity contribution in [2.75, 3.05) is 10.6 Å². The van der Waals surface area contributed by atoms with Crippen LogP contribution in [0.1, 0.15) is 19.8 Å². The van der Waals surface area contributed by atoms with E-state index in [1.165, 1.54) is 23.1 Å². The van der Waals surface area contributed by atoms with Gasteiger partial charge in [-0.05, 0) is 50.1 Å². The van der Waals surface area contributed by atoms with Crippen LogP contribution in [-0.4, -0.2) is 22.0 Å². The number of thioether (sulfide) groups is 1. The van der Waals surface area contributed by atoms with Gasteiger partial charge in [-0.1, -0.05) is 34.1 Å². The van der Waals surface area contributed by atoms with Crippen LogP contribution in [0.15, 0.2) is 63.3 Å². The van der Waals surface area contributed by atoms with E-state index >= 15 is 0 Å². The molecule has 1 saturated carbocycles. The van der Waals surface area contributed by atoms with E-state index in [0.717, 1.165) is 39.2 Å². The average Bonchev–Trinajstić information content (AvgIpc) is 3.48. The van der Waals surface area contributed by atoms with Crippen molar-refractivity contribution in [3.05, 3.63) is 58.4 Å². The molecule has 1 fully saturated rings. The summed E-state index contributed by atoms with van der Waals surface area (Å²) in [4.78, 5) is 30.0. The van der Waals surface area contributed by atoms with Crippen molar-refractivity contribution in [2.45, 2.75) is 29.9 Å². The normalized spacial score (nSPS) is 14.2. The van der Waals surface area contributed by atoms with E-state index in [-0.39, 0.29) is 23.0 Å². The Balaban J connectivity index is 1.35. The van der Waals surface area contributed by atoms with Gasteiger partial charge in [0, 0.05) is 31.9 Å². The number of halogens is 1. The maximum atomic E-state index is 12.6. The lowest BCUT2D eigenvalue weighted by Gasteiger charge is -2.12. The topological polar surface area (TPSA) is 71.1 Å². The molecule has 2 N–H and O–H groups in total. The van der Waals surface area contributed by atoms with Crippen LogP contribution in [0.5, 0.6) is 0 Å². The first-order valence-corrected chi connectivity index (χ1v) is 12.1. The SMILES string of the molecule is CC(Sc1cccc(NC(=O)C2CC2)c1)C(=O)Nc1nc(-c2ccc(Br)cc2)cs1. The van der Waals surface area contributed by atoms with Crippen molar-refractivity contribution < 1.29 is 9.59 Å². The van der Waals surface area contributed by atoms with E-state index in [9.17, 15) is 9.59 Å². The molecule has 30 heavy (non-hydrogen) atoms. The third kappa shape index (κ3) is 5.50. The molecule has 2 amide bonds. The quantitative estimate of drug-likeness (QED) is 0.387. The Hall–Kier alpha value is -2.16. The van der Waals surface area contributed by atoms with Gasteiger partial charge in [0.1, 0.15) is 0 Å². The smallest absolute Gasteiger partial charge is 0.239 e. The highest BCUT2D eigenvalue weighted by Crippen LogP contribution is 2.32. The monoisotopic (exact) mass is 501 g/mol. The molecule has 4 rings (SSSR count). The van der Waals surface area contributed by atoms with Gasteiger partial charge >= 0.3 is 0 Å². The molecule has 1 aromatic heterocycles. The average molecular weight is 502 g/mol. The highest BCUT2D eigenvalue weighted by molar-refractivity contribution is 9.10. The summed E-state index contributed by atoms with van der Waals surface area (Å²) in [6.07, 6.45) is 1.94. The number of benzene rings is 2. The number of hydrogen-bond acceptors (Lipinski definition) is 5. The first-order valence-electron chi connectivity index (χ1n) is 9.58. The van der Waals surface area contributed by atoms with Crippen LogP contribution in [0.4, 0.5) is 10.8 Å². The van der Waals surface area contributed by atoms with Gasteiger partial charge in [-0.3, -0.25) is 9.59 Å². The molecular weight excluding hydrogens is 482 g/mol. The number of thiazole rings is 1. The molecule has 1 aliphatic rings. The fraction of sp³-hybridized carbons (Fsp3) is 0.227. The number of nitrogens with one attached hydrogen (secondary N) is 2. The minimum absolute atomic E-state index is 0.0771. The number of rotatable bonds is 7. The Morgan fingerprint density at radius 1 is 1.17 bits per heavy atom. The molecule has 8 heteroatoms. The molecule has 5 nitrogen and oxygen atoms in total. The van der Waals surface area contributed by atoms with Crippen molar-refractivity contribution in [1.82, 2.24) is 4.98 Å². The first kappa shape index (κ1) is 21.1. The number of anilines is 2. The van der Waals surface area contributed by atoms with Crippen molar-refractivity contribution >= 4 is 61.7 Å². The molecule has 0 spiro atoms. The van der Waals surface area contributed by atoms with E-state index in [4.69, 9.17) is 0 Å². The number of nitrogens with zero attached hydrogens (tertiary/aromatic N) is 1. The van der Waals surface area contributed by atoms with Crippen molar-refractivity contribution in [3.63, 3.8) is 0 Å². The van der Waals surface area contributed by atoms with E-state index in [1.807, 2.05) is 60.8 Å². The van der Waals surface area contributed by atoms with E-state index < -0.39 is 0 Å². The summed E-state index contributed by atoms with van der Waals surface area (Å²) >= 11 is 6.28. The van der Waals surface area contributed by atoms with Crippen LogP contribution in [0.3, 0.4) is 0 Å². The predicted octanol–water partition coefficient (Wildman–Crippen LogP) is 6.04. The molecule has 0 bridgehead atoms. The summed E-state index contributed by atoms with van der Waals surface area (Å²) in [5.41, 5.74) is 2.60. The van der Waals surface area contributed by atoms with Gasteiger partial charge in [0.15, 0.2) is 5.13 Å². The standard InChI is InChI=1S/C22H20BrN3O2S2/c1-13(30-18-4-2-3-17(11-18)24-21(28)15-5-6-15)20(27)26-22-25-19(12-29-22)14-7-9-16(23)10-8-14/h2-4,7-13,15H,5-6H2,1H3,(H,24,28)(H,25,26,27). The molecule has 154 valence electrons. The van der Waals surface area contributed by atoms with Crippen molar-refractivity contribution in [2.24, 2.45) is 5.92 Å². The van der Waals surface area contributed by atoms with Gasteiger partial charge in [-0.2, -0.15) is 0 Å². The van der Waals surface area contributed by atoms with Crippen molar-refractivity contribution in [1.29, 1.82) is 0 Å². The predicted molar refractivity (Wildman–Crippen MR) is 127 cm³/mol. The van der Waals surface area contributed by atoms with Crippen LogP contribution in [-0.2, 0) is 9.59 Å². The lowest BCUT2D eigenvalue weighted by atomic mass is 10.2. The molecule has 2 aromatic carbocycles. The Labute approximate surface area is 191 Å². The lowest BCUT2D eigenvalue weighted by Crippen LogP contribution is -2.22. The summed E-state index contributed by atoms with van der Waals surface area (Å²) in [6.45, 7) is 1.86. The number of amides is 2. The van der Waals surface area contributed by atoms with Gasteiger partial charge in [0.05, 0.1) is 10.9 Å². The van der Waals surface area contributed by atoms with Gasteiger partial charge in [-0.25, -0.2) is 4.98 Å². The summed E-state index contributed by atoms with van der Waals surface area (Å²) < 4.78 is 1.01. The number of carbonyl (C=O) groups is 2. The second-order valence-electron chi connectivity index (χ2n) is 7.09. The van der Waals surface area contributed by atoms with Crippen LogP contribution < -0.4 is 10.6 Å². The van der Waals surface area contributed by atoms with E-state index in [2.05, 4.69) is 31.5 Å². The first-order chi connectivity index (χ1) is 14.5. The third-order valence-electron chi connectivity index (χ3n) is 4.61. The summed E-state index contributed by atoms with van der Waals surface area (Å²) in [5.74, 6) is 0.129. The van der Waals surface area contributed by atoms with E-state index in [0.29, 0.717) is 5.13 Å². The zero-order valence-electron chi connectivity index (χ0n) is 16.2. The fourth-order valence-corrected chi connectivity index (χ4v) is 4.70. The zero-order valence-corrected chi connectivity index (χ0v) is 19.4. The largest absolute Gasteiger partial charge is 0.326 e. The van der Waals surface area contributed by atoms with Crippen LogP contribution in [0, 0.1) is 5.92 Å². The maximum Gasteiger partial charge on any atom is 0.239 e. The second kappa shape index (κ2) is 9.32. The zero-order chi connectivity index (χ0) is 21.1. The highest BCUT2D eigenvalue weighted by Gasteiger charge is 2.29. The van der Waals surface area contributed by atoms with Gasteiger partial charge in [0.25, 0.3) is 0 Å². The third-order valence-corrected chi connectivity index (χ3v) is 6.99. The Bertz CT molecular complexity index is 1060. The number of hydrogen-bond donors (Lipinski definition) is 2. The molecule has 0 radical (unpaired) electrons. The highest BCUT2D eigenvalue weighted by atomic mass is 79.9. The Morgan fingerprint density at radius 2 is 1.93 bits per heavy atom. The van der Waals surface area contributed by atoms with Crippen LogP contribution in [0.25, 0.3) is 11.3 Å². The fourth-order valence-electron chi connectivity index (χ4n) is 2.79. The molecule has 3 aromatic rings. The molecule has 1 unspecified atom stereocenters.